The molecule has 1 aromatic carbocycles. The first-order chi connectivity index (χ1) is 10.7. The van der Waals surface area contributed by atoms with Gasteiger partial charge in [0.25, 0.3) is 0 Å². The smallest absolute Gasteiger partial charge is 0.407 e. The minimum Gasteiger partial charge on any atom is -0.444 e. The standard InChI is InChI=1S/C18H27BrN2O2/c1-12(13-8-10-14(19)11-9-13)20-15-6-5-7-16(15)21-17(22)23-18(2,3)4/h8-12,15-16,20H,5-7H2,1-4H3,(H,21,22). The number of halogens is 1. The number of rotatable bonds is 4. The van der Waals surface area contributed by atoms with Gasteiger partial charge in [-0.1, -0.05) is 28.1 Å². The second-order valence-electron chi connectivity index (χ2n) is 7.23. The second-order valence-corrected chi connectivity index (χ2v) is 8.15. The average Bonchev–Trinajstić information content (AvgIpc) is 2.84. The summed E-state index contributed by atoms with van der Waals surface area (Å²) in [5.74, 6) is 0. The Balaban J connectivity index is 1.91. The lowest BCUT2D eigenvalue weighted by Crippen LogP contribution is -2.48. The van der Waals surface area contributed by atoms with Crippen molar-refractivity contribution in [2.75, 3.05) is 0 Å². The lowest BCUT2D eigenvalue weighted by Gasteiger charge is -2.27. The molecule has 3 unspecified atom stereocenters. The fraction of sp³-hybridized carbons (Fsp3) is 0.611. The molecule has 3 atom stereocenters. The summed E-state index contributed by atoms with van der Waals surface area (Å²) in [4.78, 5) is 12.0. The van der Waals surface area contributed by atoms with Crippen LogP contribution >= 0.6 is 15.9 Å². The highest BCUT2D eigenvalue weighted by Gasteiger charge is 2.31. The third-order valence-electron chi connectivity index (χ3n) is 4.05. The molecule has 23 heavy (non-hydrogen) atoms. The summed E-state index contributed by atoms with van der Waals surface area (Å²) in [5, 5.41) is 6.67. The third kappa shape index (κ3) is 5.81. The Hall–Kier alpha value is -1.07. The number of hydrogen-bond donors (Lipinski definition) is 2. The summed E-state index contributed by atoms with van der Waals surface area (Å²) in [7, 11) is 0. The molecule has 0 bridgehead atoms. The van der Waals surface area contributed by atoms with Crippen molar-refractivity contribution in [3.63, 3.8) is 0 Å². The molecule has 2 N–H and O–H groups in total. The third-order valence-corrected chi connectivity index (χ3v) is 4.58. The van der Waals surface area contributed by atoms with Crippen LogP contribution in [0.2, 0.25) is 0 Å². The van der Waals surface area contributed by atoms with Gasteiger partial charge in [-0.05, 0) is 64.7 Å². The van der Waals surface area contributed by atoms with Crippen LogP contribution in [0.5, 0.6) is 0 Å². The van der Waals surface area contributed by atoms with E-state index in [1.807, 2.05) is 20.8 Å². The van der Waals surface area contributed by atoms with Gasteiger partial charge in [0.15, 0.2) is 0 Å². The molecular formula is C18H27BrN2O2. The molecule has 0 saturated heterocycles. The molecule has 0 aromatic heterocycles. The van der Waals surface area contributed by atoms with Crippen LogP contribution in [0, 0.1) is 0 Å². The first-order valence-electron chi connectivity index (χ1n) is 8.25. The van der Waals surface area contributed by atoms with Gasteiger partial charge in [0.1, 0.15) is 5.60 Å². The van der Waals surface area contributed by atoms with Crippen molar-refractivity contribution in [3.05, 3.63) is 34.3 Å². The van der Waals surface area contributed by atoms with E-state index in [0.717, 1.165) is 23.7 Å². The Morgan fingerprint density at radius 2 is 1.83 bits per heavy atom. The number of amides is 1. The van der Waals surface area contributed by atoms with Crippen LogP contribution in [0.25, 0.3) is 0 Å². The van der Waals surface area contributed by atoms with Crippen molar-refractivity contribution in [3.8, 4) is 0 Å². The summed E-state index contributed by atoms with van der Waals surface area (Å²) < 4.78 is 6.45. The van der Waals surface area contributed by atoms with Gasteiger partial charge in [0, 0.05) is 22.6 Å². The topological polar surface area (TPSA) is 50.4 Å². The molecule has 1 aliphatic rings. The molecule has 1 aliphatic carbocycles. The normalized spacial score (nSPS) is 22.7. The number of ether oxygens (including phenoxy) is 1. The number of carbonyl (C=O) groups excluding carboxylic acids is 1. The summed E-state index contributed by atoms with van der Waals surface area (Å²) in [5.41, 5.74) is 0.784. The monoisotopic (exact) mass is 382 g/mol. The van der Waals surface area contributed by atoms with Crippen molar-refractivity contribution >= 4 is 22.0 Å². The van der Waals surface area contributed by atoms with Crippen molar-refractivity contribution in [2.45, 2.75) is 70.7 Å². The molecule has 128 valence electrons. The first-order valence-corrected chi connectivity index (χ1v) is 9.05. The molecule has 1 fully saturated rings. The van der Waals surface area contributed by atoms with Crippen LogP contribution in [0.3, 0.4) is 0 Å². The Kier molecular flexibility index (Phi) is 6.09. The summed E-state index contributed by atoms with van der Waals surface area (Å²) in [6.07, 6.45) is 2.85. The maximum Gasteiger partial charge on any atom is 0.407 e. The quantitative estimate of drug-likeness (QED) is 0.802. The largest absolute Gasteiger partial charge is 0.444 e. The van der Waals surface area contributed by atoms with Crippen molar-refractivity contribution in [2.24, 2.45) is 0 Å². The number of nitrogens with one attached hydrogen (secondary N) is 2. The number of benzene rings is 1. The zero-order valence-electron chi connectivity index (χ0n) is 14.4. The van der Waals surface area contributed by atoms with Crippen LogP contribution in [-0.4, -0.2) is 23.8 Å². The summed E-state index contributed by atoms with van der Waals surface area (Å²) in [6.45, 7) is 7.80. The van der Waals surface area contributed by atoms with E-state index in [4.69, 9.17) is 4.74 Å². The number of carbonyl (C=O) groups is 1. The van der Waals surface area contributed by atoms with Crippen molar-refractivity contribution < 1.29 is 9.53 Å². The summed E-state index contributed by atoms with van der Waals surface area (Å²) in [6, 6.07) is 9.00. The average molecular weight is 383 g/mol. The highest BCUT2D eigenvalue weighted by atomic mass is 79.9. The molecule has 4 nitrogen and oxygen atoms in total. The van der Waals surface area contributed by atoms with E-state index < -0.39 is 5.60 Å². The minimum absolute atomic E-state index is 0.128. The lowest BCUT2D eigenvalue weighted by atomic mass is 10.1. The molecule has 1 saturated carbocycles. The summed E-state index contributed by atoms with van der Waals surface area (Å²) >= 11 is 3.46. The molecule has 0 radical (unpaired) electrons. The van der Waals surface area contributed by atoms with Gasteiger partial charge in [0.2, 0.25) is 0 Å². The molecule has 5 heteroatoms. The highest BCUT2D eigenvalue weighted by Crippen LogP contribution is 2.24. The Morgan fingerprint density at radius 3 is 2.43 bits per heavy atom. The first kappa shape index (κ1) is 18.3. The molecule has 0 aliphatic heterocycles. The van der Waals surface area contributed by atoms with E-state index in [9.17, 15) is 4.79 Å². The van der Waals surface area contributed by atoms with Crippen molar-refractivity contribution in [1.29, 1.82) is 0 Å². The van der Waals surface area contributed by atoms with E-state index in [1.54, 1.807) is 0 Å². The molecule has 1 aromatic rings. The van der Waals surface area contributed by atoms with E-state index >= 15 is 0 Å². The number of hydrogen-bond acceptors (Lipinski definition) is 3. The van der Waals surface area contributed by atoms with Gasteiger partial charge < -0.3 is 15.4 Å². The van der Waals surface area contributed by atoms with E-state index in [2.05, 4.69) is 57.8 Å². The number of alkyl carbamates (subject to hydrolysis) is 1. The van der Waals surface area contributed by atoms with Gasteiger partial charge in [-0.2, -0.15) is 0 Å². The van der Waals surface area contributed by atoms with Crippen LogP contribution in [0.15, 0.2) is 28.7 Å². The molecule has 2 rings (SSSR count). The molecule has 0 heterocycles. The fourth-order valence-electron chi connectivity index (χ4n) is 2.96. The lowest BCUT2D eigenvalue weighted by molar-refractivity contribution is 0.0497. The van der Waals surface area contributed by atoms with E-state index in [0.29, 0.717) is 0 Å². The Morgan fingerprint density at radius 1 is 1.22 bits per heavy atom. The van der Waals surface area contributed by atoms with Crippen molar-refractivity contribution in [1.82, 2.24) is 10.6 Å². The SMILES string of the molecule is CC(NC1CCCC1NC(=O)OC(C)(C)C)c1ccc(Br)cc1. The Bertz CT molecular complexity index is 525. The molecule has 0 spiro atoms. The second kappa shape index (κ2) is 7.67. The van der Waals surface area contributed by atoms with Crippen LogP contribution in [0.1, 0.15) is 58.6 Å². The van der Waals surface area contributed by atoms with Crippen LogP contribution in [0.4, 0.5) is 4.79 Å². The van der Waals surface area contributed by atoms with E-state index in [-0.39, 0.29) is 24.2 Å². The van der Waals surface area contributed by atoms with Gasteiger partial charge in [-0.3, -0.25) is 0 Å². The van der Waals surface area contributed by atoms with Crippen LogP contribution in [-0.2, 0) is 4.74 Å². The fourth-order valence-corrected chi connectivity index (χ4v) is 3.22. The van der Waals surface area contributed by atoms with Gasteiger partial charge in [-0.15, -0.1) is 0 Å². The predicted octanol–water partition coefficient (Wildman–Crippen LogP) is 4.55. The zero-order chi connectivity index (χ0) is 17.0. The van der Waals surface area contributed by atoms with Gasteiger partial charge in [0.05, 0.1) is 0 Å². The molecular weight excluding hydrogens is 356 g/mol. The zero-order valence-corrected chi connectivity index (χ0v) is 15.9. The van der Waals surface area contributed by atoms with Gasteiger partial charge >= 0.3 is 6.09 Å². The Labute approximate surface area is 147 Å². The highest BCUT2D eigenvalue weighted by molar-refractivity contribution is 9.10. The molecule has 1 amide bonds. The minimum atomic E-state index is -0.462. The van der Waals surface area contributed by atoms with Gasteiger partial charge in [-0.25, -0.2) is 4.79 Å². The maximum atomic E-state index is 12.0. The maximum absolute atomic E-state index is 12.0. The van der Waals surface area contributed by atoms with E-state index in [1.165, 1.54) is 5.56 Å². The van der Waals surface area contributed by atoms with Crippen LogP contribution < -0.4 is 10.6 Å². The predicted molar refractivity (Wildman–Crippen MR) is 96.5 cm³/mol.